The molecule has 0 N–H and O–H groups in total. The van der Waals surface area contributed by atoms with Crippen molar-refractivity contribution in [3.8, 4) is 5.75 Å². The summed E-state index contributed by atoms with van der Waals surface area (Å²) >= 11 is 3.50. The molecule has 166 valence electrons. The molecule has 8 heteroatoms. The number of benzene rings is 1. The van der Waals surface area contributed by atoms with E-state index in [1.807, 2.05) is 39.0 Å². The lowest BCUT2D eigenvalue weighted by Crippen LogP contribution is -2.44. The van der Waals surface area contributed by atoms with Crippen LogP contribution in [0.15, 0.2) is 40.1 Å². The molecule has 0 radical (unpaired) electrons. The first-order chi connectivity index (χ1) is 13.8. The van der Waals surface area contributed by atoms with E-state index >= 15 is 0 Å². The third kappa shape index (κ3) is 8.51. The Morgan fingerprint density at radius 3 is 2.47 bits per heavy atom. The van der Waals surface area contributed by atoms with Crippen molar-refractivity contribution >= 4 is 36.6 Å². The van der Waals surface area contributed by atoms with Crippen LogP contribution in [0.1, 0.15) is 39.2 Å². The highest BCUT2D eigenvalue weighted by Crippen LogP contribution is 2.26. The van der Waals surface area contributed by atoms with Gasteiger partial charge < -0.3 is 18.8 Å². The van der Waals surface area contributed by atoms with Gasteiger partial charge in [-0.3, -0.25) is 0 Å². The number of hydrogen-bond donors (Lipinski definition) is 0. The Morgan fingerprint density at radius 2 is 1.90 bits per heavy atom. The monoisotopic (exact) mass is 496 g/mol. The Kier molecular flexibility index (Phi) is 8.16. The summed E-state index contributed by atoms with van der Waals surface area (Å²) in [5.74, 6) is 1.16. The number of likely N-dealkylation sites (tertiary alicyclic amines) is 1. The van der Waals surface area contributed by atoms with Crippen LogP contribution < -0.4 is 4.74 Å². The van der Waals surface area contributed by atoms with Crippen molar-refractivity contribution in [2.45, 2.75) is 65.0 Å². The summed E-state index contributed by atoms with van der Waals surface area (Å²) in [5, 5.41) is 0. The third-order valence-electron chi connectivity index (χ3n) is 4.13. The lowest BCUT2D eigenvalue weighted by molar-refractivity contribution is 0.0126. The van der Waals surface area contributed by atoms with E-state index in [1.165, 1.54) is 0 Å². The Bertz CT molecular complexity index is 791. The highest BCUT2D eigenvalue weighted by atomic mass is 79.9. The van der Waals surface area contributed by atoms with Crippen LogP contribution in [0.2, 0.25) is 19.6 Å². The first-order valence-electron chi connectivity index (χ1n) is 10.2. The minimum atomic E-state index is -1.75. The van der Waals surface area contributed by atoms with Crippen molar-refractivity contribution in [1.29, 1.82) is 0 Å². The smallest absolute Gasteiger partial charge is 0.410 e. The van der Waals surface area contributed by atoms with E-state index in [0.717, 1.165) is 28.6 Å². The number of hydrogen-bond acceptors (Lipinski definition) is 5. The first-order valence-corrected chi connectivity index (χ1v) is 14.4. The van der Waals surface area contributed by atoms with Gasteiger partial charge in [0.05, 0.1) is 0 Å². The number of carbonyl (C=O) groups is 1. The van der Waals surface area contributed by atoms with Crippen molar-refractivity contribution in [3.63, 3.8) is 0 Å². The van der Waals surface area contributed by atoms with Gasteiger partial charge in [-0.05, 0) is 65.2 Å². The molecule has 1 saturated heterocycles. The number of halogens is 1. The maximum Gasteiger partial charge on any atom is 0.410 e. The lowest BCUT2D eigenvalue weighted by atomic mass is 10.1. The Morgan fingerprint density at radius 1 is 1.27 bits per heavy atom. The second-order valence-corrected chi connectivity index (χ2v) is 14.7. The van der Waals surface area contributed by atoms with Gasteiger partial charge in [-0.2, -0.15) is 0 Å². The van der Waals surface area contributed by atoms with Crippen molar-refractivity contribution in [2.24, 2.45) is 4.99 Å². The van der Waals surface area contributed by atoms with Crippen molar-refractivity contribution in [3.05, 3.63) is 40.7 Å². The van der Waals surface area contributed by atoms with E-state index < -0.39 is 13.9 Å². The highest BCUT2D eigenvalue weighted by molar-refractivity contribution is 9.10. The van der Waals surface area contributed by atoms with Crippen LogP contribution in [0.3, 0.4) is 0 Å². The molecule has 0 unspecified atom stereocenters. The molecule has 2 rings (SSSR count). The second kappa shape index (κ2) is 10.0. The maximum atomic E-state index is 12.2. The molecule has 0 saturated carbocycles. The highest BCUT2D eigenvalue weighted by Gasteiger charge is 2.28. The summed E-state index contributed by atoms with van der Waals surface area (Å²) in [6.07, 6.45) is 2.98. The number of carbonyl (C=O) groups excluding carboxylic acids is 1. The SMILES string of the molecule is C=C(/N=C/c1cc(Br)ccc1OC1CCN(C(=O)OC(C)(C)C)CC1)O[Si](C)(C)C. The summed E-state index contributed by atoms with van der Waals surface area (Å²) in [4.78, 5) is 18.4. The van der Waals surface area contributed by atoms with Gasteiger partial charge in [0.1, 0.15) is 17.5 Å². The van der Waals surface area contributed by atoms with E-state index in [4.69, 9.17) is 13.9 Å². The van der Waals surface area contributed by atoms with E-state index in [1.54, 1.807) is 11.1 Å². The van der Waals surface area contributed by atoms with Gasteiger partial charge in [-0.25, -0.2) is 9.79 Å². The molecule has 1 aliphatic rings. The minimum Gasteiger partial charge on any atom is -0.532 e. The van der Waals surface area contributed by atoms with E-state index in [2.05, 4.69) is 47.1 Å². The van der Waals surface area contributed by atoms with Crippen molar-refractivity contribution in [2.75, 3.05) is 13.1 Å². The zero-order valence-corrected chi connectivity index (χ0v) is 21.4. The lowest BCUT2D eigenvalue weighted by Gasteiger charge is -2.33. The van der Waals surface area contributed by atoms with Crippen LogP contribution in [0.5, 0.6) is 5.75 Å². The molecule has 1 aromatic carbocycles. The van der Waals surface area contributed by atoms with E-state index in [9.17, 15) is 4.79 Å². The summed E-state index contributed by atoms with van der Waals surface area (Å²) in [6.45, 7) is 17.0. The van der Waals surface area contributed by atoms with Gasteiger partial charge in [0.25, 0.3) is 0 Å². The van der Waals surface area contributed by atoms with Crippen LogP contribution in [-0.4, -0.2) is 50.3 Å². The standard InChI is InChI=1S/C22H33BrN2O4Si/c1-16(29-30(5,6)7)24-15-17-14-18(23)8-9-20(17)27-19-10-12-25(13-11-19)21(26)28-22(2,3)4/h8-9,14-15,19H,1,10-13H2,2-7H3/b24-15+. The Balaban J connectivity index is 1.99. The van der Waals surface area contributed by atoms with Crippen LogP contribution in [0.25, 0.3) is 0 Å². The van der Waals surface area contributed by atoms with Crippen LogP contribution in [0.4, 0.5) is 4.79 Å². The summed E-state index contributed by atoms with van der Waals surface area (Å²) in [7, 11) is -1.75. The molecule has 0 spiro atoms. The molecule has 1 amide bonds. The topological polar surface area (TPSA) is 60.4 Å². The van der Waals surface area contributed by atoms with E-state index in [0.29, 0.717) is 19.0 Å². The summed E-state index contributed by atoms with van der Waals surface area (Å²) in [6, 6.07) is 5.82. The Hall–Kier alpha value is -1.80. The predicted molar refractivity (Wildman–Crippen MR) is 127 cm³/mol. The zero-order valence-electron chi connectivity index (χ0n) is 18.8. The second-order valence-electron chi connectivity index (χ2n) is 9.33. The van der Waals surface area contributed by atoms with Gasteiger partial charge in [-0.1, -0.05) is 15.9 Å². The molecule has 1 fully saturated rings. The summed E-state index contributed by atoms with van der Waals surface area (Å²) in [5.41, 5.74) is 0.360. The fraction of sp³-hybridized carbons (Fsp3) is 0.545. The van der Waals surface area contributed by atoms with Gasteiger partial charge >= 0.3 is 6.09 Å². The van der Waals surface area contributed by atoms with E-state index in [-0.39, 0.29) is 12.2 Å². The Labute approximate surface area is 189 Å². The molecule has 1 aromatic rings. The van der Waals surface area contributed by atoms with Crippen LogP contribution >= 0.6 is 15.9 Å². The molecule has 6 nitrogen and oxygen atoms in total. The number of aliphatic imine (C=N–C) groups is 1. The number of rotatable bonds is 6. The number of ether oxygens (including phenoxy) is 2. The van der Waals surface area contributed by atoms with Gasteiger partial charge in [0, 0.05) is 42.2 Å². The average molecular weight is 498 g/mol. The molecule has 0 bridgehead atoms. The molecule has 0 aliphatic carbocycles. The third-order valence-corrected chi connectivity index (χ3v) is 5.47. The molecule has 1 heterocycles. The van der Waals surface area contributed by atoms with Crippen LogP contribution in [-0.2, 0) is 9.16 Å². The first kappa shape index (κ1) is 24.5. The van der Waals surface area contributed by atoms with Gasteiger partial charge in [0.2, 0.25) is 8.32 Å². The largest absolute Gasteiger partial charge is 0.532 e. The number of amides is 1. The molecule has 0 aromatic heterocycles. The molecular weight excluding hydrogens is 464 g/mol. The zero-order chi connectivity index (χ0) is 22.5. The fourth-order valence-electron chi connectivity index (χ4n) is 2.91. The van der Waals surface area contributed by atoms with Gasteiger partial charge in [0.15, 0.2) is 5.88 Å². The summed E-state index contributed by atoms with van der Waals surface area (Å²) < 4.78 is 18.4. The molecular formula is C22H33BrN2O4Si. The van der Waals surface area contributed by atoms with Crippen molar-refractivity contribution in [1.82, 2.24) is 4.90 Å². The molecule has 1 aliphatic heterocycles. The predicted octanol–water partition coefficient (Wildman–Crippen LogP) is 5.97. The number of nitrogens with zero attached hydrogens (tertiary/aromatic N) is 2. The molecule has 0 atom stereocenters. The fourth-order valence-corrected chi connectivity index (χ4v) is 4.05. The quantitative estimate of drug-likeness (QED) is 0.276. The number of piperidine rings is 1. The maximum absolute atomic E-state index is 12.2. The molecule has 30 heavy (non-hydrogen) atoms. The van der Waals surface area contributed by atoms with Crippen molar-refractivity contribution < 1.29 is 18.7 Å². The average Bonchev–Trinajstić information content (AvgIpc) is 2.59. The van der Waals surface area contributed by atoms with Gasteiger partial charge in [-0.15, -0.1) is 0 Å². The minimum absolute atomic E-state index is 0.0263. The normalized spacial score (nSPS) is 15.9. The van der Waals surface area contributed by atoms with Crippen LogP contribution in [0, 0.1) is 0 Å².